The third-order valence-electron chi connectivity index (χ3n) is 5.69. The van der Waals surface area contributed by atoms with Crippen LogP contribution in [-0.4, -0.2) is 77.9 Å². The number of amides is 2. The van der Waals surface area contributed by atoms with Crippen molar-refractivity contribution in [2.75, 3.05) is 32.6 Å². The summed E-state index contributed by atoms with van der Waals surface area (Å²) >= 11 is 4.04. The summed E-state index contributed by atoms with van der Waals surface area (Å²) in [5.74, 6) is -1.18. The molecule has 4 N–H and O–H groups in total. The van der Waals surface area contributed by atoms with Crippen LogP contribution in [0.25, 0.3) is 0 Å². The van der Waals surface area contributed by atoms with Crippen molar-refractivity contribution in [3.63, 3.8) is 0 Å². The van der Waals surface area contributed by atoms with Gasteiger partial charge in [0.25, 0.3) is 0 Å². The summed E-state index contributed by atoms with van der Waals surface area (Å²) in [6.45, 7) is 13.2. The van der Waals surface area contributed by atoms with E-state index in [2.05, 4.69) is 36.7 Å². The summed E-state index contributed by atoms with van der Waals surface area (Å²) in [5, 5.41) is 24.1. The fourth-order valence-electron chi connectivity index (χ4n) is 3.35. The van der Waals surface area contributed by atoms with E-state index in [9.17, 15) is 24.3 Å². The zero-order valence-corrected chi connectivity index (χ0v) is 25.0. The summed E-state index contributed by atoms with van der Waals surface area (Å²) in [6.07, 6.45) is 3.33. The van der Waals surface area contributed by atoms with Crippen LogP contribution in [0.5, 0.6) is 0 Å². The zero-order valence-electron chi connectivity index (χ0n) is 23.2. The number of hydrogen-bond donors (Lipinski definition) is 5. The highest BCUT2D eigenvalue weighted by Crippen LogP contribution is 2.46. The third-order valence-corrected chi connectivity index (χ3v) is 8.16. The van der Waals surface area contributed by atoms with Gasteiger partial charge in [-0.05, 0) is 39.0 Å². The topological polar surface area (TPSA) is 151 Å². The van der Waals surface area contributed by atoms with Crippen LogP contribution in [0.15, 0.2) is 0 Å². The molecule has 0 aliphatic carbocycles. The molecule has 216 valence electrons. The number of thiol groups is 1. The van der Waals surface area contributed by atoms with Crippen molar-refractivity contribution in [3.05, 3.63) is 0 Å². The summed E-state index contributed by atoms with van der Waals surface area (Å²) in [6, 6.07) is -1.08. The number of ether oxygens (including phenoxy) is 2. The van der Waals surface area contributed by atoms with Crippen LogP contribution in [0, 0.1) is 11.3 Å². The molecule has 2 atom stereocenters. The van der Waals surface area contributed by atoms with Crippen LogP contribution in [0.2, 0.25) is 0 Å². The Hall–Kier alpha value is -1.42. The number of carboxylic acid groups (broad SMARTS) is 2. The molecule has 37 heavy (non-hydrogen) atoms. The lowest BCUT2D eigenvalue weighted by Gasteiger charge is -2.28. The van der Waals surface area contributed by atoms with Crippen LogP contribution in [0.1, 0.15) is 80.1 Å². The molecule has 0 saturated heterocycles. The molecule has 0 radical (unpaired) electrons. The average molecular weight is 567 g/mol. The Kier molecular flexibility index (Phi) is 17.3. The first-order chi connectivity index (χ1) is 17.1. The molecule has 0 aliphatic rings. The molecule has 0 saturated carbocycles. The summed E-state index contributed by atoms with van der Waals surface area (Å²) < 4.78 is 10.9. The van der Waals surface area contributed by atoms with Gasteiger partial charge in [0.15, 0.2) is 0 Å². The molecular formula is C25H47N2O8PS. The minimum atomic E-state index is -1.69. The second-order valence-corrected chi connectivity index (χ2v) is 13.9. The zero-order chi connectivity index (χ0) is 28.6. The van der Waals surface area contributed by atoms with Gasteiger partial charge in [-0.1, -0.05) is 40.5 Å². The number of nitrogens with one attached hydrogen (secondary N) is 2. The van der Waals surface area contributed by atoms with Gasteiger partial charge in [-0.15, -0.1) is 12.2 Å². The van der Waals surface area contributed by atoms with E-state index >= 15 is 0 Å². The Balaban J connectivity index is 4.33. The Morgan fingerprint density at radius 3 is 2.05 bits per heavy atom. The fraction of sp³-hybridized carbons (Fsp3) is 0.840. The van der Waals surface area contributed by atoms with Gasteiger partial charge in [-0.2, -0.15) is 0 Å². The number of carbonyl (C=O) groups is 4. The molecular weight excluding hydrogens is 519 g/mol. The van der Waals surface area contributed by atoms with Gasteiger partial charge in [0.05, 0.1) is 26.9 Å². The van der Waals surface area contributed by atoms with Crippen LogP contribution >= 0.6 is 19.4 Å². The van der Waals surface area contributed by atoms with Crippen molar-refractivity contribution in [1.29, 1.82) is 0 Å². The van der Waals surface area contributed by atoms with E-state index in [1.165, 1.54) is 0 Å². The lowest BCUT2D eigenvalue weighted by molar-refractivity contribution is -0.143. The van der Waals surface area contributed by atoms with Gasteiger partial charge in [-0.3, -0.25) is 9.59 Å². The first-order valence-electron chi connectivity index (χ1n) is 12.8. The van der Waals surface area contributed by atoms with E-state index in [4.69, 9.17) is 14.6 Å². The van der Waals surface area contributed by atoms with Gasteiger partial charge < -0.3 is 30.3 Å². The molecule has 0 fully saturated rings. The van der Waals surface area contributed by atoms with Gasteiger partial charge in [-0.25, -0.2) is 9.59 Å². The van der Waals surface area contributed by atoms with E-state index in [1.54, 1.807) is 13.8 Å². The van der Waals surface area contributed by atoms with Crippen LogP contribution in [0.4, 0.5) is 4.79 Å². The highest BCUT2D eigenvalue weighted by atomic mass is 32.7. The maximum atomic E-state index is 12.6. The third kappa shape index (κ3) is 17.7. The average Bonchev–Trinajstić information content (AvgIpc) is 2.76. The van der Waals surface area contributed by atoms with Crippen molar-refractivity contribution in [3.8, 4) is 0 Å². The summed E-state index contributed by atoms with van der Waals surface area (Å²) in [5.41, 5.74) is -2.60. The number of carbonyl (C=O) groups excluding carboxylic acids is 2. The van der Waals surface area contributed by atoms with Gasteiger partial charge >= 0.3 is 11.7 Å². The molecule has 2 unspecified atom stereocenters. The smallest absolute Gasteiger partial charge is 0.334 e. The first kappa shape index (κ1) is 35.6. The van der Waals surface area contributed by atoms with Crippen molar-refractivity contribution in [2.45, 2.75) is 91.6 Å². The van der Waals surface area contributed by atoms with Crippen molar-refractivity contribution in [1.82, 2.24) is 10.6 Å². The Morgan fingerprint density at radius 2 is 1.51 bits per heavy atom. The predicted octanol–water partition coefficient (Wildman–Crippen LogP) is 4.51. The Morgan fingerprint density at radius 1 is 0.919 bits per heavy atom. The Bertz CT molecular complexity index is 733. The predicted molar refractivity (Wildman–Crippen MR) is 149 cm³/mol. The fourth-order valence-corrected chi connectivity index (χ4v) is 5.44. The van der Waals surface area contributed by atoms with E-state index in [1.807, 2.05) is 13.8 Å². The lowest BCUT2D eigenvalue weighted by Crippen LogP contribution is -2.47. The second kappa shape index (κ2) is 18.0. The number of aliphatic carboxylic acids is 1. The van der Waals surface area contributed by atoms with Crippen LogP contribution < -0.4 is 10.6 Å². The number of unbranched alkanes of at least 4 members (excludes halogenated alkanes) is 1. The molecule has 0 spiro atoms. The van der Waals surface area contributed by atoms with Crippen molar-refractivity contribution < 1.29 is 38.9 Å². The van der Waals surface area contributed by atoms with E-state index in [0.717, 1.165) is 6.42 Å². The Labute approximate surface area is 227 Å². The molecule has 0 rings (SSSR count). The maximum Gasteiger partial charge on any atom is 0.334 e. The van der Waals surface area contributed by atoms with Crippen LogP contribution in [0.3, 0.4) is 0 Å². The summed E-state index contributed by atoms with van der Waals surface area (Å²) in [7, 11) is -1.69. The van der Waals surface area contributed by atoms with Gasteiger partial charge in [0.2, 0.25) is 11.8 Å². The van der Waals surface area contributed by atoms with Crippen LogP contribution in [-0.2, 0) is 23.9 Å². The van der Waals surface area contributed by atoms with Crippen molar-refractivity contribution >= 4 is 42.9 Å². The monoisotopic (exact) mass is 566 g/mol. The number of hydrogen-bond acceptors (Lipinski definition) is 7. The van der Waals surface area contributed by atoms with E-state index in [0.29, 0.717) is 51.6 Å². The highest BCUT2D eigenvalue weighted by Gasteiger charge is 2.34. The standard InChI is InChI=1S/C25H47N2O8PS/c1-18(2)10-13-34-15-16-35-14-11-20(28)27-25(5,6)12-8-7-9-19(21(29)30)26-22(31)24(3,4)17-36(37)23(32)33/h18-19,37H,7-17H2,1-6H3,(H,26,31)(H,27,28)(H,29,30)(H,32,33). The molecule has 0 aromatic heterocycles. The quantitative estimate of drug-likeness (QED) is 0.0773. The molecule has 0 aromatic carbocycles. The minimum Gasteiger partial charge on any atom is -0.480 e. The molecule has 0 aromatic rings. The molecule has 0 aliphatic heterocycles. The first-order valence-corrected chi connectivity index (χ1v) is 15.4. The van der Waals surface area contributed by atoms with Crippen molar-refractivity contribution in [2.24, 2.45) is 11.3 Å². The van der Waals surface area contributed by atoms with E-state index < -0.39 is 41.7 Å². The molecule has 12 heteroatoms. The SMILES string of the molecule is CC(C)CCOCCOCCC(=O)NC(C)(C)CCCCC(NC(=O)C(C)(C)CP(S)C(=O)O)C(=O)O. The van der Waals surface area contributed by atoms with Gasteiger partial charge in [0.1, 0.15) is 6.04 Å². The lowest BCUT2D eigenvalue weighted by atomic mass is 9.93. The van der Waals surface area contributed by atoms with Gasteiger partial charge in [0, 0.05) is 30.1 Å². The summed E-state index contributed by atoms with van der Waals surface area (Å²) in [4.78, 5) is 47.6. The molecule has 0 bridgehead atoms. The largest absolute Gasteiger partial charge is 0.480 e. The maximum absolute atomic E-state index is 12.6. The molecule has 2 amide bonds. The highest BCUT2D eigenvalue weighted by molar-refractivity contribution is 8.50. The van der Waals surface area contributed by atoms with E-state index in [-0.39, 0.29) is 24.9 Å². The minimum absolute atomic E-state index is 0.0317. The molecule has 0 heterocycles. The number of carboxylic acids is 1. The number of rotatable bonds is 21. The normalized spacial score (nSPS) is 13.7. The molecule has 10 nitrogen and oxygen atoms in total. The second-order valence-electron chi connectivity index (χ2n) is 10.9.